The number of sulfonamides is 1. The van der Waals surface area contributed by atoms with Crippen LogP contribution in [0.15, 0.2) is 34.3 Å². The van der Waals surface area contributed by atoms with Gasteiger partial charge in [0, 0.05) is 11.6 Å². The zero-order valence-corrected chi connectivity index (χ0v) is 15.6. The van der Waals surface area contributed by atoms with Crippen LogP contribution >= 0.6 is 0 Å². The van der Waals surface area contributed by atoms with Gasteiger partial charge in [-0.1, -0.05) is 18.9 Å². The lowest BCUT2D eigenvalue weighted by atomic mass is 10.0. The van der Waals surface area contributed by atoms with E-state index in [0.29, 0.717) is 18.2 Å². The quantitative estimate of drug-likeness (QED) is 0.438. The van der Waals surface area contributed by atoms with Gasteiger partial charge in [0.15, 0.2) is 11.8 Å². The van der Waals surface area contributed by atoms with Crippen molar-refractivity contribution in [1.29, 1.82) is 0 Å². The van der Waals surface area contributed by atoms with E-state index in [0.717, 1.165) is 10.9 Å². The molecule has 1 aromatic carbocycles. The van der Waals surface area contributed by atoms with E-state index in [9.17, 15) is 18.3 Å². The first-order valence-electron chi connectivity index (χ1n) is 8.41. The number of fused-ring (bicyclic) bond motifs is 1. The summed E-state index contributed by atoms with van der Waals surface area (Å²) >= 11 is 0. The van der Waals surface area contributed by atoms with Crippen LogP contribution in [0.25, 0.3) is 10.8 Å². The third kappa shape index (κ3) is 3.58. The highest BCUT2D eigenvalue weighted by Gasteiger charge is 2.44. The maximum absolute atomic E-state index is 12.9. The number of nitrogens with one attached hydrogen (secondary N) is 1. The Bertz CT molecular complexity index is 1040. The molecule has 1 saturated carbocycles. The summed E-state index contributed by atoms with van der Waals surface area (Å²) in [7, 11) is -4.07. The molecule has 0 spiro atoms. The highest BCUT2D eigenvalue weighted by atomic mass is 32.2. The van der Waals surface area contributed by atoms with Gasteiger partial charge in [-0.2, -0.15) is 9.71 Å². The second-order valence-electron chi connectivity index (χ2n) is 6.71. The third-order valence-electron chi connectivity index (χ3n) is 4.78. The van der Waals surface area contributed by atoms with Crippen LogP contribution in [0.3, 0.4) is 0 Å². The minimum atomic E-state index is -4.07. The van der Waals surface area contributed by atoms with Gasteiger partial charge >= 0.3 is 5.97 Å². The molecule has 1 aliphatic carbocycles. The maximum atomic E-state index is 12.9. The van der Waals surface area contributed by atoms with Crippen LogP contribution in [0.4, 0.5) is 5.82 Å². The second-order valence-corrected chi connectivity index (χ2v) is 8.39. The summed E-state index contributed by atoms with van der Waals surface area (Å²) in [4.78, 5) is 19.7. The Balaban J connectivity index is 2.11. The number of aliphatic carboxylic acids is 1. The van der Waals surface area contributed by atoms with Gasteiger partial charge in [0.1, 0.15) is 5.54 Å². The van der Waals surface area contributed by atoms with Crippen molar-refractivity contribution in [2.24, 2.45) is 16.5 Å². The first-order chi connectivity index (χ1) is 12.6. The monoisotopic (exact) mass is 391 g/mol. The van der Waals surface area contributed by atoms with Gasteiger partial charge < -0.3 is 16.6 Å². The van der Waals surface area contributed by atoms with Gasteiger partial charge in [-0.3, -0.25) is 4.79 Å². The molecule has 0 unspecified atom stereocenters. The Hall–Kier alpha value is -2.72. The van der Waals surface area contributed by atoms with E-state index in [1.807, 2.05) is 6.92 Å². The summed E-state index contributed by atoms with van der Waals surface area (Å²) in [5, 5.41) is 10.8. The standard InChI is InChI=1S/C17H21N5O4S/c1-10-9-20-14(21-16(18)19)13-8-11(4-5-12(10)13)27(25,26)22-17(15(23)24)6-2-3-7-17/h4-5,8-9,22H,2-3,6-7H2,1H3,(H,23,24)(H4,18,19,20,21). The molecule has 0 bridgehead atoms. The van der Waals surface area contributed by atoms with Crippen LogP contribution in [0.5, 0.6) is 0 Å². The largest absolute Gasteiger partial charge is 0.480 e. The van der Waals surface area contributed by atoms with Gasteiger partial charge in [0.05, 0.1) is 4.90 Å². The van der Waals surface area contributed by atoms with Gasteiger partial charge in [-0.15, -0.1) is 0 Å². The molecular formula is C17H21N5O4S. The molecular weight excluding hydrogens is 370 g/mol. The zero-order chi connectivity index (χ0) is 19.8. The van der Waals surface area contributed by atoms with Crippen molar-refractivity contribution in [2.75, 3.05) is 0 Å². The Morgan fingerprint density at radius 3 is 2.52 bits per heavy atom. The number of carboxylic acids is 1. The van der Waals surface area contributed by atoms with Crippen molar-refractivity contribution in [1.82, 2.24) is 9.71 Å². The second kappa shape index (κ2) is 6.78. The summed E-state index contributed by atoms with van der Waals surface area (Å²) in [5.74, 6) is -1.17. The summed E-state index contributed by atoms with van der Waals surface area (Å²) in [6.07, 6.45) is 3.42. The minimum absolute atomic E-state index is 0.0676. The van der Waals surface area contributed by atoms with E-state index in [4.69, 9.17) is 11.5 Å². The van der Waals surface area contributed by atoms with Crippen molar-refractivity contribution in [2.45, 2.75) is 43.0 Å². The van der Waals surface area contributed by atoms with E-state index in [1.54, 1.807) is 12.3 Å². The lowest BCUT2D eigenvalue weighted by molar-refractivity contribution is -0.143. The zero-order valence-electron chi connectivity index (χ0n) is 14.8. The van der Waals surface area contributed by atoms with Crippen LogP contribution in [0.2, 0.25) is 0 Å². The molecule has 2 aromatic rings. The van der Waals surface area contributed by atoms with Crippen molar-refractivity contribution < 1.29 is 18.3 Å². The van der Waals surface area contributed by atoms with E-state index in [2.05, 4.69) is 14.7 Å². The highest BCUT2D eigenvalue weighted by Crippen LogP contribution is 2.33. The number of nitrogens with two attached hydrogens (primary N) is 2. The number of nitrogens with zero attached hydrogens (tertiary/aromatic N) is 2. The molecule has 27 heavy (non-hydrogen) atoms. The number of aryl methyl sites for hydroxylation is 1. The molecule has 1 aromatic heterocycles. The fraction of sp³-hybridized carbons (Fsp3) is 0.353. The molecule has 0 atom stereocenters. The maximum Gasteiger partial charge on any atom is 0.324 e. The van der Waals surface area contributed by atoms with Crippen molar-refractivity contribution in [3.8, 4) is 0 Å². The average molecular weight is 391 g/mol. The molecule has 1 heterocycles. The van der Waals surface area contributed by atoms with Gasteiger partial charge in [0.2, 0.25) is 10.0 Å². The Morgan fingerprint density at radius 2 is 1.93 bits per heavy atom. The molecule has 0 amide bonds. The fourth-order valence-corrected chi connectivity index (χ4v) is 4.83. The third-order valence-corrected chi connectivity index (χ3v) is 6.31. The number of rotatable bonds is 5. The van der Waals surface area contributed by atoms with Gasteiger partial charge in [-0.05, 0) is 42.8 Å². The molecule has 3 rings (SSSR count). The molecule has 0 saturated heterocycles. The van der Waals surface area contributed by atoms with Crippen molar-refractivity contribution in [3.05, 3.63) is 30.0 Å². The number of aliphatic imine (C=N–C) groups is 1. The van der Waals surface area contributed by atoms with Crippen LogP contribution in [-0.2, 0) is 14.8 Å². The number of carboxylic acid groups (broad SMARTS) is 1. The topological polar surface area (TPSA) is 161 Å². The number of pyridine rings is 1. The normalized spacial score (nSPS) is 16.3. The Morgan fingerprint density at radius 1 is 1.26 bits per heavy atom. The fourth-order valence-electron chi connectivity index (χ4n) is 3.38. The molecule has 6 N–H and O–H groups in total. The molecule has 0 aliphatic heterocycles. The summed E-state index contributed by atoms with van der Waals surface area (Å²) in [6, 6.07) is 4.47. The Kier molecular flexibility index (Phi) is 4.79. The highest BCUT2D eigenvalue weighted by molar-refractivity contribution is 7.89. The minimum Gasteiger partial charge on any atom is -0.480 e. The van der Waals surface area contributed by atoms with Crippen LogP contribution in [-0.4, -0.2) is 36.0 Å². The first kappa shape index (κ1) is 19.1. The average Bonchev–Trinajstić information content (AvgIpc) is 3.06. The Labute approximate surface area is 156 Å². The molecule has 1 aliphatic rings. The van der Waals surface area contributed by atoms with Crippen LogP contribution in [0.1, 0.15) is 31.2 Å². The number of benzene rings is 1. The van der Waals surface area contributed by atoms with Crippen LogP contribution < -0.4 is 16.2 Å². The number of guanidine groups is 1. The first-order valence-corrected chi connectivity index (χ1v) is 9.89. The smallest absolute Gasteiger partial charge is 0.324 e. The van der Waals surface area contributed by atoms with E-state index >= 15 is 0 Å². The lowest BCUT2D eigenvalue weighted by Gasteiger charge is -2.25. The van der Waals surface area contributed by atoms with Gasteiger partial charge in [0.25, 0.3) is 0 Å². The summed E-state index contributed by atoms with van der Waals surface area (Å²) < 4.78 is 28.2. The van der Waals surface area contributed by atoms with Crippen molar-refractivity contribution >= 4 is 38.5 Å². The van der Waals surface area contributed by atoms with Crippen molar-refractivity contribution in [3.63, 3.8) is 0 Å². The van der Waals surface area contributed by atoms with Gasteiger partial charge in [-0.25, -0.2) is 13.4 Å². The van der Waals surface area contributed by atoms with E-state index in [-0.39, 0.29) is 29.5 Å². The van der Waals surface area contributed by atoms with Crippen LogP contribution in [0, 0.1) is 6.92 Å². The van der Waals surface area contributed by atoms with E-state index in [1.165, 1.54) is 12.1 Å². The van der Waals surface area contributed by atoms with E-state index < -0.39 is 21.5 Å². The molecule has 9 nitrogen and oxygen atoms in total. The number of carbonyl (C=O) groups is 1. The number of hydrogen-bond donors (Lipinski definition) is 4. The molecule has 1 fully saturated rings. The lowest BCUT2D eigenvalue weighted by Crippen LogP contribution is -2.52. The number of aromatic nitrogens is 1. The SMILES string of the molecule is Cc1cnc(N=C(N)N)c2cc(S(=O)(=O)NC3(C(=O)O)CCCC3)ccc12. The predicted octanol–water partition coefficient (Wildman–Crippen LogP) is 1.12. The molecule has 144 valence electrons. The summed E-state index contributed by atoms with van der Waals surface area (Å²) in [6.45, 7) is 1.83. The predicted molar refractivity (Wildman–Crippen MR) is 101 cm³/mol. The molecule has 0 radical (unpaired) electrons. The summed E-state index contributed by atoms with van der Waals surface area (Å²) in [5.41, 5.74) is 10.2. The number of hydrogen-bond acceptors (Lipinski definition) is 5. The molecule has 10 heteroatoms.